The van der Waals surface area contributed by atoms with Gasteiger partial charge in [0.2, 0.25) is 15.9 Å². The van der Waals surface area contributed by atoms with Crippen molar-refractivity contribution in [1.82, 2.24) is 9.21 Å². The Labute approximate surface area is 186 Å². The van der Waals surface area contributed by atoms with E-state index in [-0.39, 0.29) is 22.4 Å². The number of anilines is 1. The summed E-state index contributed by atoms with van der Waals surface area (Å²) in [6.45, 7) is 4.73. The fourth-order valence-corrected chi connectivity index (χ4v) is 5.86. The fraction of sp³-hybridized carbons (Fsp3) is 0.429. The van der Waals surface area contributed by atoms with Crippen molar-refractivity contribution in [1.29, 1.82) is 0 Å². The molecule has 1 atom stereocenters. The number of ether oxygens (including phenoxy) is 1. The Balaban J connectivity index is 1.85. The molecular weight excluding hydrogens is 438 g/mol. The van der Waals surface area contributed by atoms with Gasteiger partial charge in [0.1, 0.15) is 11.8 Å². The zero-order valence-corrected chi connectivity index (χ0v) is 19.5. The molecule has 0 saturated carbocycles. The van der Waals surface area contributed by atoms with E-state index in [1.165, 1.54) is 41.0 Å². The normalized spacial score (nSPS) is 16.5. The van der Waals surface area contributed by atoms with E-state index in [9.17, 15) is 18.0 Å². The highest BCUT2D eigenvalue weighted by atomic mass is 32.2. The van der Waals surface area contributed by atoms with Crippen LogP contribution in [0, 0.1) is 0 Å². The van der Waals surface area contributed by atoms with Crippen LogP contribution >= 0.6 is 11.3 Å². The minimum absolute atomic E-state index is 0.0743. The average molecular weight is 466 g/mol. The van der Waals surface area contributed by atoms with E-state index in [1.54, 1.807) is 30.9 Å². The lowest BCUT2D eigenvalue weighted by atomic mass is 10.2. The number of amides is 2. The summed E-state index contributed by atoms with van der Waals surface area (Å²) >= 11 is 1.34. The lowest BCUT2D eigenvalue weighted by Crippen LogP contribution is -2.43. The number of carbonyl (C=O) groups excluding carboxylic acids is 2. The number of carbonyl (C=O) groups is 2. The lowest BCUT2D eigenvalue weighted by Gasteiger charge is -2.24. The van der Waals surface area contributed by atoms with Gasteiger partial charge in [-0.1, -0.05) is 19.9 Å². The van der Waals surface area contributed by atoms with Gasteiger partial charge >= 0.3 is 0 Å². The summed E-state index contributed by atoms with van der Waals surface area (Å²) in [6.07, 6.45) is 1.27. The zero-order chi connectivity index (χ0) is 22.6. The maximum atomic E-state index is 13.1. The maximum absolute atomic E-state index is 13.1. The highest BCUT2D eigenvalue weighted by Crippen LogP contribution is 2.30. The van der Waals surface area contributed by atoms with Crippen molar-refractivity contribution in [3.63, 3.8) is 0 Å². The summed E-state index contributed by atoms with van der Waals surface area (Å²) in [4.78, 5) is 28.1. The Morgan fingerprint density at radius 1 is 1.26 bits per heavy atom. The second-order valence-electron chi connectivity index (χ2n) is 7.07. The molecule has 0 spiro atoms. The summed E-state index contributed by atoms with van der Waals surface area (Å²) in [5, 5.41) is 4.61. The lowest BCUT2D eigenvalue weighted by molar-refractivity contribution is -0.119. The van der Waals surface area contributed by atoms with Crippen LogP contribution in [0.15, 0.2) is 40.6 Å². The molecule has 2 aromatic rings. The van der Waals surface area contributed by atoms with E-state index < -0.39 is 16.1 Å². The highest BCUT2D eigenvalue weighted by Gasteiger charge is 2.35. The topological polar surface area (TPSA) is 96.0 Å². The first-order chi connectivity index (χ1) is 14.8. The number of rotatable bonds is 8. The first kappa shape index (κ1) is 23.2. The molecule has 0 radical (unpaired) electrons. The number of benzene rings is 1. The molecule has 1 N–H and O–H groups in total. The highest BCUT2D eigenvalue weighted by molar-refractivity contribution is 7.89. The van der Waals surface area contributed by atoms with Gasteiger partial charge in [0.15, 0.2) is 0 Å². The molecule has 1 aromatic carbocycles. The molecule has 0 unspecified atom stereocenters. The summed E-state index contributed by atoms with van der Waals surface area (Å²) < 4.78 is 32.4. The SMILES string of the molecule is CCN(CC)S(=O)(=O)c1ccc(OC)c(NC(=O)[C@H]2CCCN2C(=O)c2cccs2)c1. The molecule has 8 nitrogen and oxygen atoms in total. The first-order valence-corrected chi connectivity index (χ1v) is 12.5. The Hall–Kier alpha value is -2.43. The average Bonchev–Trinajstić information content (AvgIpc) is 3.46. The van der Waals surface area contributed by atoms with Crippen LogP contribution in [0.3, 0.4) is 0 Å². The van der Waals surface area contributed by atoms with Gasteiger partial charge in [-0.15, -0.1) is 11.3 Å². The van der Waals surface area contributed by atoms with Crippen molar-refractivity contribution in [2.75, 3.05) is 32.1 Å². The van der Waals surface area contributed by atoms with Crippen molar-refractivity contribution >= 4 is 38.9 Å². The third-order valence-electron chi connectivity index (χ3n) is 5.32. The molecule has 0 bridgehead atoms. The molecule has 1 aliphatic rings. The van der Waals surface area contributed by atoms with Crippen molar-refractivity contribution in [3.8, 4) is 5.75 Å². The number of sulfonamides is 1. The van der Waals surface area contributed by atoms with E-state index in [2.05, 4.69) is 5.32 Å². The molecule has 2 amide bonds. The van der Waals surface area contributed by atoms with Crippen molar-refractivity contribution in [3.05, 3.63) is 40.6 Å². The van der Waals surface area contributed by atoms with Gasteiger partial charge in [0.05, 0.1) is 22.6 Å². The number of likely N-dealkylation sites (tertiary alicyclic amines) is 1. The number of methoxy groups -OCH3 is 1. The van der Waals surface area contributed by atoms with E-state index >= 15 is 0 Å². The molecule has 1 aliphatic heterocycles. The summed E-state index contributed by atoms with van der Waals surface area (Å²) in [5.41, 5.74) is 0.260. The number of thiophene rings is 1. The molecule has 168 valence electrons. The van der Waals surface area contributed by atoms with Crippen LogP contribution in [-0.4, -0.2) is 62.2 Å². The molecule has 2 heterocycles. The molecule has 1 aromatic heterocycles. The van der Waals surface area contributed by atoms with Gasteiger partial charge in [-0.05, 0) is 42.5 Å². The monoisotopic (exact) mass is 465 g/mol. The first-order valence-electron chi connectivity index (χ1n) is 10.2. The Bertz CT molecular complexity index is 1030. The molecule has 31 heavy (non-hydrogen) atoms. The second-order valence-corrected chi connectivity index (χ2v) is 9.96. The largest absolute Gasteiger partial charge is 0.495 e. The van der Waals surface area contributed by atoms with Crippen LogP contribution in [0.1, 0.15) is 36.4 Å². The van der Waals surface area contributed by atoms with Crippen LogP contribution in [0.5, 0.6) is 5.75 Å². The van der Waals surface area contributed by atoms with Gasteiger partial charge in [0.25, 0.3) is 5.91 Å². The van der Waals surface area contributed by atoms with Crippen molar-refractivity contribution in [2.24, 2.45) is 0 Å². The van der Waals surface area contributed by atoms with Gasteiger partial charge < -0.3 is 15.0 Å². The molecular formula is C21H27N3O5S2. The van der Waals surface area contributed by atoms with Crippen LogP contribution in [0.2, 0.25) is 0 Å². The second kappa shape index (κ2) is 9.80. The third-order valence-corrected chi connectivity index (χ3v) is 8.22. The number of nitrogens with zero attached hydrogens (tertiary/aromatic N) is 2. The molecule has 1 saturated heterocycles. The standard InChI is InChI=1S/C21H27N3O5S2/c1-4-23(5-2)31(27,28)15-10-11-18(29-3)16(14-15)22-20(25)17-8-6-12-24(17)21(26)19-9-7-13-30-19/h7,9-11,13-14,17H,4-6,8,12H2,1-3H3,(H,22,25)/t17-/m1/s1. The Morgan fingerprint density at radius 3 is 2.61 bits per heavy atom. The van der Waals surface area contributed by atoms with Gasteiger partial charge in [0, 0.05) is 19.6 Å². The van der Waals surface area contributed by atoms with Crippen LogP contribution < -0.4 is 10.1 Å². The summed E-state index contributed by atoms with van der Waals surface area (Å²) in [5.74, 6) is -0.184. The number of hydrogen-bond donors (Lipinski definition) is 1. The summed E-state index contributed by atoms with van der Waals surface area (Å²) in [7, 11) is -2.24. The van der Waals surface area contributed by atoms with Crippen molar-refractivity contribution < 1.29 is 22.7 Å². The predicted octanol–water partition coefficient (Wildman–Crippen LogP) is 3.03. The number of hydrogen-bond acceptors (Lipinski definition) is 6. The molecule has 10 heteroatoms. The molecule has 0 aliphatic carbocycles. The predicted molar refractivity (Wildman–Crippen MR) is 120 cm³/mol. The minimum atomic E-state index is -3.69. The van der Waals surface area contributed by atoms with Gasteiger partial charge in [-0.25, -0.2) is 8.42 Å². The molecule has 1 fully saturated rings. The van der Waals surface area contributed by atoms with Crippen LogP contribution in [0.25, 0.3) is 0 Å². The minimum Gasteiger partial charge on any atom is -0.495 e. The Kier molecular flexibility index (Phi) is 7.34. The Morgan fingerprint density at radius 2 is 2.00 bits per heavy atom. The molecule has 3 rings (SSSR count). The van der Waals surface area contributed by atoms with Gasteiger partial charge in [-0.3, -0.25) is 9.59 Å². The maximum Gasteiger partial charge on any atom is 0.264 e. The zero-order valence-electron chi connectivity index (χ0n) is 17.8. The van der Waals surface area contributed by atoms with E-state index in [1.807, 2.05) is 5.38 Å². The van der Waals surface area contributed by atoms with E-state index in [0.29, 0.717) is 36.7 Å². The van der Waals surface area contributed by atoms with Crippen LogP contribution in [-0.2, 0) is 14.8 Å². The quantitative estimate of drug-likeness (QED) is 0.647. The van der Waals surface area contributed by atoms with Crippen LogP contribution in [0.4, 0.5) is 5.69 Å². The van der Waals surface area contributed by atoms with E-state index in [4.69, 9.17) is 4.74 Å². The fourth-order valence-electron chi connectivity index (χ4n) is 3.70. The van der Waals surface area contributed by atoms with Crippen molar-refractivity contribution in [2.45, 2.75) is 37.6 Å². The van der Waals surface area contributed by atoms with Gasteiger partial charge in [-0.2, -0.15) is 4.31 Å². The third kappa shape index (κ3) is 4.76. The number of nitrogens with one attached hydrogen (secondary N) is 1. The smallest absolute Gasteiger partial charge is 0.264 e. The van der Waals surface area contributed by atoms with E-state index in [0.717, 1.165) is 6.42 Å². The summed E-state index contributed by atoms with van der Waals surface area (Å²) in [6, 6.07) is 7.31.